The summed E-state index contributed by atoms with van der Waals surface area (Å²) < 4.78 is 5.40. The molecule has 1 aromatic rings. The second-order valence-electron chi connectivity index (χ2n) is 4.55. The van der Waals surface area contributed by atoms with Crippen LogP contribution in [0.15, 0.2) is 16.5 Å². The molecule has 0 aliphatic carbocycles. The van der Waals surface area contributed by atoms with Gasteiger partial charge in [-0.1, -0.05) is 0 Å². The number of furan rings is 1. The maximum Gasteiger partial charge on any atom is 0.287 e. The number of hydrogen-bond acceptors (Lipinski definition) is 4. The Bertz CT molecular complexity index is 385. The van der Waals surface area contributed by atoms with Gasteiger partial charge in [0, 0.05) is 0 Å². The minimum atomic E-state index is -0.677. The van der Waals surface area contributed by atoms with Gasteiger partial charge in [-0.2, -0.15) is 11.8 Å². The number of aliphatic hydroxyl groups is 1. The second-order valence-corrected chi connectivity index (χ2v) is 5.42. The van der Waals surface area contributed by atoms with Gasteiger partial charge in [0.05, 0.1) is 17.4 Å². The van der Waals surface area contributed by atoms with Crippen LogP contribution in [0.4, 0.5) is 0 Å². The number of thioether (sulfide) groups is 1. The van der Waals surface area contributed by atoms with Crippen molar-refractivity contribution in [1.82, 2.24) is 5.32 Å². The molecule has 1 unspecified atom stereocenters. The van der Waals surface area contributed by atoms with Gasteiger partial charge >= 0.3 is 0 Å². The number of nitrogens with one attached hydrogen (secondary N) is 1. The molecule has 17 heavy (non-hydrogen) atoms. The van der Waals surface area contributed by atoms with Gasteiger partial charge in [-0.3, -0.25) is 4.79 Å². The SMILES string of the molecule is CSCc1ccc(C(=O)NC(C)(C)C(C)O)o1. The Hall–Kier alpha value is -0.940. The van der Waals surface area contributed by atoms with Crippen molar-refractivity contribution in [2.24, 2.45) is 0 Å². The van der Waals surface area contributed by atoms with Crippen LogP contribution < -0.4 is 5.32 Å². The predicted octanol–water partition coefficient (Wildman–Crippen LogP) is 2.03. The smallest absolute Gasteiger partial charge is 0.287 e. The summed E-state index contributed by atoms with van der Waals surface area (Å²) in [6, 6.07) is 3.44. The number of aliphatic hydroxyl groups excluding tert-OH is 1. The molecule has 1 rings (SSSR count). The van der Waals surface area contributed by atoms with E-state index in [2.05, 4.69) is 5.32 Å². The lowest BCUT2D eigenvalue weighted by molar-refractivity contribution is 0.0686. The third-order valence-electron chi connectivity index (χ3n) is 2.65. The molecule has 2 N–H and O–H groups in total. The van der Waals surface area contributed by atoms with Crippen LogP contribution >= 0.6 is 11.8 Å². The molecule has 1 aromatic heterocycles. The van der Waals surface area contributed by atoms with E-state index in [1.54, 1.807) is 44.7 Å². The van der Waals surface area contributed by atoms with Gasteiger partial charge < -0.3 is 14.8 Å². The molecule has 1 amide bonds. The molecular weight excluding hydrogens is 238 g/mol. The lowest BCUT2D eigenvalue weighted by Crippen LogP contribution is -2.50. The van der Waals surface area contributed by atoms with E-state index in [0.717, 1.165) is 11.5 Å². The normalized spacial score (nSPS) is 13.5. The second kappa shape index (κ2) is 5.60. The van der Waals surface area contributed by atoms with Gasteiger partial charge in [0.25, 0.3) is 5.91 Å². The van der Waals surface area contributed by atoms with Crippen molar-refractivity contribution in [2.75, 3.05) is 6.26 Å². The largest absolute Gasteiger partial charge is 0.455 e. The summed E-state index contributed by atoms with van der Waals surface area (Å²) in [6.07, 6.45) is 1.34. The first-order valence-electron chi connectivity index (χ1n) is 5.45. The topological polar surface area (TPSA) is 62.5 Å². The first-order chi connectivity index (χ1) is 7.86. The van der Waals surface area contributed by atoms with Crippen molar-refractivity contribution in [2.45, 2.75) is 38.2 Å². The molecule has 0 aliphatic heterocycles. The molecule has 0 fully saturated rings. The summed E-state index contributed by atoms with van der Waals surface area (Å²) in [6.45, 7) is 5.17. The van der Waals surface area contributed by atoms with Crippen LogP contribution in [-0.2, 0) is 5.75 Å². The molecule has 0 bridgehead atoms. The lowest BCUT2D eigenvalue weighted by atomic mass is 9.99. The average Bonchev–Trinajstić information content (AvgIpc) is 2.66. The summed E-state index contributed by atoms with van der Waals surface area (Å²) in [5.41, 5.74) is -0.677. The molecule has 0 saturated carbocycles. The standard InChI is InChI=1S/C12H19NO3S/c1-8(14)12(2,3)13-11(15)10-6-5-9(16-10)7-17-4/h5-6,8,14H,7H2,1-4H3,(H,13,15). The summed E-state index contributed by atoms with van der Waals surface area (Å²) in [5.74, 6) is 1.50. The van der Waals surface area contributed by atoms with E-state index in [4.69, 9.17) is 4.42 Å². The van der Waals surface area contributed by atoms with Crippen molar-refractivity contribution in [3.05, 3.63) is 23.7 Å². The Balaban J connectivity index is 2.69. The summed E-state index contributed by atoms with van der Waals surface area (Å²) in [5, 5.41) is 12.3. The van der Waals surface area contributed by atoms with E-state index >= 15 is 0 Å². The maximum atomic E-state index is 11.9. The monoisotopic (exact) mass is 257 g/mol. The van der Waals surface area contributed by atoms with Gasteiger partial charge in [0.15, 0.2) is 5.76 Å². The van der Waals surface area contributed by atoms with Crippen LogP contribution in [-0.4, -0.2) is 28.9 Å². The highest BCUT2D eigenvalue weighted by Gasteiger charge is 2.27. The minimum Gasteiger partial charge on any atom is -0.455 e. The molecule has 0 aliphatic rings. The van der Waals surface area contributed by atoms with Gasteiger partial charge in [-0.15, -0.1) is 0 Å². The molecule has 5 heteroatoms. The first kappa shape index (κ1) is 14.1. The summed E-state index contributed by atoms with van der Waals surface area (Å²) in [7, 11) is 0. The van der Waals surface area contributed by atoms with Crippen LogP contribution in [0, 0.1) is 0 Å². The molecule has 1 atom stereocenters. The molecule has 4 nitrogen and oxygen atoms in total. The minimum absolute atomic E-state index is 0.280. The van der Waals surface area contributed by atoms with Crippen molar-refractivity contribution in [3.8, 4) is 0 Å². The molecule has 0 radical (unpaired) electrons. The Kier molecular flexibility index (Phi) is 4.65. The van der Waals surface area contributed by atoms with Crippen LogP contribution in [0.5, 0.6) is 0 Å². The third kappa shape index (κ3) is 3.78. The van der Waals surface area contributed by atoms with Crippen molar-refractivity contribution < 1.29 is 14.3 Å². The Morgan fingerprint density at radius 1 is 1.59 bits per heavy atom. The fraction of sp³-hybridized carbons (Fsp3) is 0.583. The zero-order valence-electron chi connectivity index (χ0n) is 10.6. The zero-order chi connectivity index (χ0) is 13.1. The lowest BCUT2D eigenvalue weighted by Gasteiger charge is -2.28. The summed E-state index contributed by atoms with van der Waals surface area (Å²) >= 11 is 1.63. The van der Waals surface area contributed by atoms with E-state index in [1.165, 1.54) is 0 Å². The molecule has 96 valence electrons. The number of carbonyl (C=O) groups is 1. The predicted molar refractivity (Wildman–Crippen MR) is 69.2 cm³/mol. The van der Waals surface area contributed by atoms with Crippen molar-refractivity contribution in [1.29, 1.82) is 0 Å². The van der Waals surface area contributed by atoms with Crippen LogP contribution in [0.25, 0.3) is 0 Å². The molecule has 0 aromatic carbocycles. The average molecular weight is 257 g/mol. The van der Waals surface area contributed by atoms with E-state index in [9.17, 15) is 9.90 Å². The van der Waals surface area contributed by atoms with Gasteiger partial charge in [-0.25, -0.2) is 0 Å². The molecular formula is C12H19NO3S. The maximum absolute atomic E-state index is 11.9. The fourth-order valence-corrected chi connectivity index (χ4v) is 1.62. The van der Waals surface area contributed by atoms with E-state index in [-0.39, 0.29) is 11.7 Å². The highest BCUT2D eigenvalue weighted by molar-refractivity contribution is 7.97. The first-order valence-corrected chi connectivity index (χ1v) is 6.84. The molecule has 0 spiro atoms. The number of carbonyl (C=O) groups excluding carboxylic acids is 1. The molecule has 1 heterocycles. The van der Waals surface area contributed by atoms with E-state index < -0.39 is 11.6 Å². The van der Waals surface area contributed by atoms with E-state index in [1.807, 2.05) is 6.26 Å². The zero-order valence-corrected chi connectivity index (χ0v) is 11.4. The third-order valence-corrected chi connectivity index (χ3v) is 3.23. The van der Waals surface area contributed by atoms with Crippen molar-refractivity contribution >= 4 is 17.7 Å². The van der Waals surface area contributed by atoms with Crippen LogP contribution in [0.3, 0.4) is 0 Å². The van der Waals surface area contributed by atoms with Gasteiger partial charge in [-0.05, 0) is 39.2 Å². The summed E-state index contributed by atoms with van der Waals surface area (Å²) in [4.78, 5) is 11.9. The Morgan fingerprint density at radius 3 is 2.76 bits per heavy atom. The van der Waals surface area contributed by atoms with Gasteiger partial charge in [0.1, 0.15) is 5.76 Å². The van der Waals surface area contributed by atoms with Gasteiger partial charge in [0.2, 0.25) is 0 Å². The highest BCUT2D eigenvalue weighted by atomic mass is 32.2. The number of rotatable bonds is 5. The number of amides is 1. The van der Waals surface area contributed by atoms with Crippen molar-refractivity contribution in [3.63, 3.8) is 0 Å². The quantitative estimate of drug-likeness (QED) is 0.847. The van der Waals surface area contributed by atoms with Crippen LogP contribution in [0.2, 0.25) is 0 Å². The Morgan fingerprint density at radius 2 is 2.24 bits per heavy atom. The fourth-order valence-electron chi connectivity index (χ4n) is 1.18. The van der Waals surface area contributed by atoms with E-state index in [0.29, 0.717) is 0 Å². The van der Waals surface area contributed by atoms with Crippen LogP contribution in [0.1, 0.15) is 37.1 Å². The molecule has 0 saturated heterocycles. The highest BCUT2D eigenvalue weighted by Crippen LogP contribution is 2.15. The Labute approximate surface area is 106 Å². The number of hydrogen-bond donors (Lipinski definition) is 2.